The number of anilines is 2. The fourth-order valence-electron chi connectivity index (χ4n) is 2.16. The van der Waals surface area contributed by atoms with Crippen molar-refractivity contribution in [3.05, 3.63) is 53.3 Å². The number of sulfonamides is 1. The molecule has 0 aliphatic carbocycles. The van der Waals surface area contributed by atoms with Crippen LogP contribution in [0.25, 0.3) is 5.52 Å². The number of nitrogen functional groups attached to an aromatic ring is 1. The normalized spacial score (nSPS) is 11.5. The van der Waals surface area contributed by atoms with Crippen molar-refractivity contribution in [3.63, 3.8) is 0 Å². The van der Waals surface area contributed by atoms with Crippen LogP contribution < -0.4 is 16.2 Å². The van der Waals surface area contributed by atoms with Crippen molar-refractivity contribution in [2.24, 2.45) is 5.73 Å². The summed E-state index contributed by atoms with van der Waals surface area (Å²) in [5.74, 6) is -0.716. The highest BCUT2D eigenvalue weighted by atomic mass is 35.5. The number of amides is 1. The molecule has 2 aromatic heterocycles. The number of nitrogens with two attached hydrogens (primary N) is 2. The van der Waals surface area contributed by atoms with Gasteiger partial charge in [-0.05, 0) is 30.3 Å². The summed E-state index contributed by atoms with van der Waals surface area (Å²) in [6.45, 7) is 0. The zero-order chi connectivity index (χ0) is 17.5. The summed E-state index contributed by atoms with van der Waals surface area (Å²) >= 11 is 5.75. The van der Waals surface area contributed by atoms with Gasteiger partial charge < -0.3 is 11.5 Å². The molecule has 1 aromatic carbocycles. The molecule has 0 atom stereocenters. The molecule has 10 heteroatoms. The number of nitrogens with zero attached hydrogens (tertiary/aromatic N) is 2. The molecule has 0 fully saturated rings. The minimum Gasteiger partial charge on any atom is -0.396 e. The van der Waals surface area contributed by atoms with Crippen LogP contribution in [0, 0.1) is 0 Å². The average molecular weight is 366 g/mol. The van der Waals surface area contributed by atoms with E-state index >= 15 is 0 Å². The summed E-state index contributed by atoms with van der Waals surface area (Å²) in [4.78, 5) is 11.3. The van der Waals surface area contributed by atoms with E-state index in [0.29, 0.717) is 10.5 Å². The Labute approximate surface area is 142 Å². The molecule has 8 nitrogen and oxygen atoms in total. The maximum Gasteiger partial charge on any atom is 0.261 e. The van der Waals surface area contributed by atoms with E-state index in [1.54, 1.807) is 0 Å². The summed E-state index contributed by atoms with van der Waals surface area (Å²) in [5, 5.41) is 4.41. The van der Waals surface area contributed by atoms with Crippen LogP contribution in [0.1, 0.15) is 10.4 Å². The lowest BCUT2D eigenvalue weighted by Gasteiger charge is -2.05. The first-order valence-electron chi connectivity index (χ1n) is 6.63. The van der Waals surface area contributed by atoms with E-state index < -0.39 is 15.9 Å². The number of halogens is 1. The molecule has 0 aliphatic heterocycles. The van der Waals surface area contributed by atoms with Gasteiger partial charge in [-0.3, -0.25) is 9.52 Å². The van der Waals surface area contributed by atoms with Crippen molar-refractivity contribution in [2.75, 3.05) is 10.5 Å². The highest BCUT2D eigenvalue weighted by molar-refractivity contribution is 7.92. The quantitative estimate of drug-likeness (QED) is 0.643. The third-order valence-corrected chi connectivity index (χ3v) is 4.97. The number of carbonyl (C=O) groups excluding carboxylic acids is 1. The zero-order valence-electron chi connectivity index (χ0n) is 12.1. The predicted molar refractivity (Wildman–Crippen MR) is 90.4 cm³/mol. The van der Waals surface area contributed by atoms with Crippen LogP contribution in [0.3, 0.4) is 0 Å². The molecule has 0 unspecified atom stereocenters. The molecule has 1 amide bonds. The van der Waals surface area contributed by atoms with Crippen LogP contribution in [-0.2, 0) is 10.0 Å². The van der Waals surface area contributed by atoms with Gasteiger partial charge in [-0.15, -0.1) is 0 Å². The first kappa shape index (κ1) is 16.1. The van der Waals surface area contributed by atoms with Crippen LogP contribution in [0.2, 0.25) is 5.02 Å². The molecule has 0 radical (unpaired) electrons. The van der Waals surface area contributed by atoms with E-state index in [0.717, 1.165) is 0 Å². The van der Waals surface area contributed by atoms with Gasteiger partial charge in [0.25, 0.3) is 15.9 Å². The van der Waals surface area contributed by atoms with E-state index in [1.165, 1.54) is 47.2 Å². The Morgan fingerprint density at radius 3 is 2.54 bits per heavy atom. The van der Waals surface area contributed by atoms with Crippen molar-refractivity contribution < 1.29 is 13.2 Å². The number of nitrogens with one attached hydrogen (secondary N) is 1. The summed E-state index contributed by atoms with van der Waals surface area (Å²) in [5.41, 5.74) is 11.9. The number of primary amides is 1. The zero-order valence-corrected chi connectivity index (χ0v) is 13.7. The first-order chi connectivity index (χ1) is 11.3. The number of benzene rings is 1. The van der Waals surface area contributed by atoms with E-state index in [-0.39, 0.29) is 21.8 Å². The molecule has 24 heavy (non-hydrogen) atoms. The van der Waals surface area contributed by atoms with Gasteiger partial charge in [-0.25, -0.2) is 12.9 Å². The van der Waals surface area contributed by atoms with Crippen LogP contribution in [0.4, 0.5) is 11.4 Å². The predicted octanol–water partition coefficient (Wildman–Crippen LogP) is 1.47. The van der Waals surface area contributed by atoms with E-state index in [2.05, 4.69) is 9.82 Å². The van der Waals surface area contributed by atoms with Crippen molar-refractivity contribution in [3.8, 4) is 0 Å². The largest absolute Gasteiger partial charge is 0.396 e. The van der Waals surface area contributed by atoms with Gasteiger partial charge in [0.05, 0.1) is 39.7 Å². The van der Waals surface area contributed by atoms with Crippen LogP contribution in [0.15, 0.2) is 47.6 Å². The van der Waals surface area contributed by atoms with E-state index in [4.69, 9.17) is 23.1 Å². The van der Waals surface area contributed by atoms with Crippen LogP contribution >= 0.6 is 11.6 Å². The Kier molecular flexibility index (Phi) is 3.82. The Hall–Kier alpha value is -2.78. The molecule has 0 saturated heterocycles. The molecular formula is C14H12ClN5O3S. The number of rotatable bonds is 4. The average Bonchev–Trinajstić information content (AvgIpc) is 2.90. The third kappa shape index (κ3) is 2.86. The summed E-state index contributed by atoms with van der Waals surface area (Å²) in [6.07, 6.45) is 2.66. The standard InChI is InChI=1S/C14H12ClN5O3S/c15-8-1-3-10(4-2-8)24(22,23)19-9-5-12-13(16)11(14(17)21)6-18-20(12)7-9/h1-7,19H,16H2,(H2,17,21). The second-order valence-corrected chi connectivity index (χ2v) is 7.07. The first-order valence-corrected chi connectivity index (χ1v) is 8.49. The van der Waals surface area contributed by atoms with Crippen LogP contribution in [-0.4, -0.2) is 23.9 Å². The maximum atomic E-state index is 12.4. The van der Waals surface area contributed by atoms with Gasteiger partial charge in [0.1, 0.15) is 0 Å². The van der Waals surface area contributed by atoms with Crippen LogP contribution in [0.5, 0.6) is 0 Å². The molecule has 5 N–H and O–H groups in total. The Bertz CT molecular complexity index is 1040. The van der Waals surface area contributed by atoms with Gasteiger partial charge >= 0.3 is 0 Å². The lowest BCUT2D eigenvalue weighted by molar-refractivity contribution is 0.100. The maximum absolute atomic E-state index is 12.4. The van der Waals surface area contributed by atoms with Gasteiger partial charge in [0.2, 0.25) is 0 Å². The Morgan fingerprint density at radius 2 is 1.92 bits per heavy atom. The van der Waals surface area contributed by atoms with Gasteiger partial charge in [0, 0.05) is 5.02 Å². The Morgan fingerprint density at radius 1 is 1.25 bits per heavy atom. The topological polar surface area (TPSA) is 133 Å². The van der Waals surface area contributed by atoms with Crippen molar-refractivity contribution in [2.45, 2.75) is 4.90 Å². The minimum atomic E-state index is -3.80. The number of carbonyl (C=O) groups is 1. The lowest BCUT2D eigenvalue weighted by atomic mass is 10.2. The fraction of sp³-hybridized carbons (Fsp3) is 0. The SMILES string of the molecule is NC(=O)c1cnn2cc(NS(=O)(=O)c3ccc(Cl)cc3)cc2c1N. The third-order valence-electron chi connectivity index (χ3n) is 3.32. The summed E-state index contributed by atoms with van der Waals surface area (Å²) in [6, 6.07) is 7.19. The highest BCUT2D eigenvalue weighted by Crippen LogP contribution is 2.24. The molecule has 0 saturated carbocycles. The van der Waals surface area contributed by atoms with Crippen molar-refractivity contribution in [1.29, 1.82) is 0 Å². The molecule has 2 heterocycles. The summed E-state index contributed by atoms with van der Waals surface area (Å²) in [7, 11) is -3.80. The molecule has 3 aromatic rings. The van der Waals surface area contributed by atoms with Crippen molar-refractivity contribution in [1.82, 2.24) is 9.61 Å². The van der Waals surface area contributed by atoms with Crippen molar-refractivity contribution >= 4 is 44.4 Å². The molecular weight excluding hydrogens is 354 g/mol. The lowest BCUT2D eigenvalue weighted by Crippen LogP contribution is -2.15. The monoisotopic (exact) mass is 365 g/mol. The number of fused-ring (bicyclic) bond motifs is 1. The fourth-order valence-corrected chi connectivity index (χ4v) is 3.32. The second-order valence-electron chi connectivity index (χ2n) is 4.95. The smallest absolute Gasteiger partial charge is 0.261 e. The van der Waals surface area contributed by atoms with E-state index in [1.807, 2.05) is 0 Å². The molecule has 124 valence electrons. The summed E-state index contributed by atoms with van der Waals surface area (Å²) < 4.78 is 28.5. The van der Waals surface area contributed by atoms with E-state index in [9.17, 15) is 13.2 Å². The van der Waals surface area contributed by atoms with Gasteiger partial charge in [-0.1, -0.05) is 11.6 Å². The molecule has 0 bridgehead atoms. The molecule has 3 rings (SSSR count). The second kappa shape index (κ2) is 5.69. The molecule has 0 aliphatic rings. The number of aromatic nitrogens is 2. The molecule has 0 spiro atoms. The Balaban J connectivity index is 2.00. The highest BCUT2D eigenvalue weighted by Gasteiger charge is 2.17. The number of hydrogen-bond donors (Lipinski definition) is 3. The number of hydrogen-bond acceptors (Lipinski definition) is 5. The minimum absolute atomic E-state index is 0.0564. The van der Waals surface area contributed by atoms with Gasteiger partial charge in [0.15, 0.2) is 0 Å². The van der Waals surface area contributed by atoms with Gasteiger partial charge in [-0.2, -0.15) is 5.10 Å².